The second-order valence-electron chi connectivity index (χ2n) is 6.04. The van der Waals surface area contributed by atoms with E-state index in [4.69, 9.17) is 0 Å². The van der Waals surface area contributed by atoms with E-state index in [0.717, 1.165) is 5.56 Å². The molecule has 0 aliphatic rings. The van der Waals surface area contributed by atoms with Gasteiger partial charge in [-0.25, -0.2) is 17.5 Å². The molecule has 136 valence electrons. The summed E-state index contributed by atoms with van der Waals surface area (Å²) in [6.07, 6.45) is 3.04. The standard InChI is InChI=1S/C18H19FN4O2S/c1-13-8-14(2)18(10-17(13)15-4-3-5-16(19)9-15)26(24,25)22-6-7-23-11-20-21-12-23/h3-5,8-12,22H,6-7H2,1-2H3. The maximum absolute atomic E-state index is 13.6. The molecule has 2 aromatic carbocycles. The van der Waals surface area contributed by atoms with E-state index in [2.05, 4.69) is 14.9 Å². The molecule has 0 radical (unpaired) electrons. The van der Waals surface area contributed by atoms with E-state index in [1.54, 1.807) is 35.8 Å². The van der Waals surface area contributed by atoms with Crippen molar-refractivity contribution in [2.45, 2.75) is 25.3 Å². The van der Waals surface area contributed by atoms with Gasteiger partial charge in [0, 0.05) is 13.1 Å². The number of hydrogen-bond acceptors (Lipinski definition) is 4. The molecule has 3 rings (SSSR count). The third-order valence-electron chi connectivity index (χ3n) is 4.08. The highest BCUT2D eigenvalue weighted by Crippen LogP contribution is 2.29. The highest BCUT2D eigenvalue weighted by Gasteiger charge is 2.19. The van der Waals surface area contributed by atoms with E-state index in [9.17, 15) is 12.8 Å². The van der Waals surface area contributed by atoms with E-state index in [1.807, 2.05) is 6.92 Å². The molecule has 26 heavy (non-hydrogen) atoms. The molecule has 1 aromatic heterocycles. The number of nitrogens with one attached hydrogen (secondary N) is 1. The number of aromatic nitrogens is 3. The van der Waals surface area contributed by atoms with Gasteiger partial charge in [-0.15, -0.1) is 10.2 Å². The molecule has 0 unspecified atom stereocenters. The molecule has 0 fully saturated rings. The van der Waals surface area contributed by atoms with Gasteiger partial charge in [-0.1, -0.05) is 18.2 Å². The number of sulfonamides is 1. The lowest BCUT2D eigenvalue weighted by Crippen LogP contribution is -2.28. The quantitative estimate of drug-likeness (QED) is 0.720. The molecule has 0 saturated heterocycles. The Hall–Kier alpha value is -2.58. The summed E-state index contributed by atoms with van der Waals surface area (Å²) in [4.78, 5) is 0.186. The van der Waals surface area contributed by atoms with Gasteiger partial charge < -0.3 is 4.57 Å². The summed E-state index contributed by atoms with van der Waals surface area (Å²) in [5.74, 6) is -0.362. The molecule has 8 heteroatoms. The van der Waals surface area contributed by atoms with Gasteiger partial charge in [-0.3, -0.25) is 0 Å². The van der Waals surface area contributed by atoms with Crippen LogP contribution >= 0.6 is 0 Å². The summed E-state index contributed by atoms with van der Waals surface area (Å²) in [5, 5.41) is 7.35. The Morgan fingerprint density at radius 2 is 1.81 bits per heavy atom. The average molecular weight is 374 g/mol. The van der Waals surface area contributed by atoms with E-state index in [1.165, 1.54) is 24.8 Å². The molecule has 3 aromatic rings. The average Bonchev–Trinajstić information content (AvgIpc) is 3.08. The summed E-state index contributed by atoms with van der Waals surface area (Å²) in [6, 6.07) is 9.52. The number of rotatable bonds is 6. The van der Waals surface area contributed by atoms with Gasteiger partial charge in [0.15, 0.2) is 0 Å². The van der Waals surface area contributed by atoms with Gasteiger partial charge in [0.2, 0.25) is 10.0 Å². The van der Waals surface area contributed by atoms with E-state index < -0.39 is 10.0 Å². The van der Waals surface area contributed by atoms with Crippen LogP contribution in [0, 0.1) is 19.7 Å². The number of benzene rings is 2. The Labute approximate surface area is 151 Å². The minimum atomic E-state index is -3.70. The maximum atomic E-state index is 13.6. The minimum absolute atomic E-state index is 0.186. The van der Waals surface area contributed by atoms with Crippen LogP contribution in [-0.2, 0) is 16.6 Å². The Kier molecular flexibility index (Phi) is 5.15. The zero-order valence-electron chi connectivity index (χ0n) is 14.5. The van der Waals surface area contributed by atoms with Crippen molar-refractivity contribution < 1.29 is 12.8 Å². The van der Waals surface area contributed by atoms with Crippen LogP contribution in [0.2, 0.25) is 0 Å². The first-order valence-corrected chi connectivity index (χ1v) is 9.54. The molecular formula is C18H19FN4O2S. The molecule has 6 nitrogen and oxygen atoms in total. The second kappa shape index (κ2) is 7.35. The lowest BCUT2D eigenvalue weighted by Gasteiger charge is -2.14. The van der Waals surface area contributed by atoms with Crippen molar-refractivity contribution in [2.24, 2.45) is 0 Å². The smallest absolute Gasteiger partial charge is 0.240 e. The third-order valence-corrected chi connectivity index (χ3v) is 5.68. The van der Waals surface area contributed by atoms with E-state index >= 15 is 0 Å². The maximum Gasteiger partial charge on any atom is 0.240 e. The summed E-state index contributed by atoms with van der Waals surface area (Å²) >= 11 is 0. The van der Waals surface area contributed by atoms with Crippen LogP contribution < -0.4 is 4.72 Å². The predicted octanol–water partition coefficient (Wildman–Crippen LogP) is 2.68. The first-order valence-electron chi connectivity index (χ1n) is 8.06. The van der Waals surface area contributed by atoms with Crippen molar-refractivity contribution in [1.82, 2.24) is 19.5 Å². The SMILES string of the molecule is Cc1cc(C)c(S(=O)(=O)NCCn2cnnc2)cc1-c1cccc(F)c1. The van der Waals surface area contributed by atoms with Gasteiger partial charge >= 0.3 is 0 Å². The van der Waals surface area contributed by atoms with Crippen molar-refractivity contribution in [1.29, 1.82) is 0 Å². The number of hydrogen-bond donors (Lipinski definition) is 1. The Bertz CT molecular complexity index is 1020. The van der Waals surface area contributed by atoms with Crippen molar-refractivity contribution in [3.05, 3.63) is 66.0 Å². The molecule has 1 heterocycles. The molecule has 0 amide bonds. The molecule has 0 aliphatic heterocycles. The van der Waals surface area contributed by atoms with Crippen molar-refractivity contribution in [2.75, 3.05) is 6.54 Å². The summed E-state index contributed by atoms with van der Waals surface area (Å²) < 4.78 is 43.3. The topological polar surface area (TPSA) is 76.9 Å². The van der Waals surface area contributed by atoms with Gasteiger partial charge in [-0.2, -0.15) is 0 Å². The van der Waals surface area contributed by atoms with Gasteiger partial charge in [0.25, 0.3) is 0 Å². The van der Waals surface area contributed by atoms with E-state index in [-0.39, 0.29) is 17.3 Å². The third kappa shape index (κ3) is 3.97. The lowest BCUT2D eigenvalue weighted by molar-refractivity contribution is 0.572. The highest BCUT2D eigenvalue weighted by molar-refractivity contribution is 7.89. The zero-order chi connectivity index (χ0) is 18.7. The van der Waals surface area contributed by atoms with Crippen LogP contribution in [0.5, 0.6) is 0 Å². The zero-order valence-corrected chi connectivity index (χ0v) is 15.3. The number of aryl methyl sites for hydroxylation is 2. The van der Waals surface area contributed by atoms with Crippen LogP contribution in [0.15, 0.2) is 53.9 Å². The number of halogens is 1. The molecule has 0 saturated carbocycles. The monoisotopic (exact) mass is 374 g/mol. The molecule has 0 spiro atoms. The lowest BCUT2D eigenvalue weighted by atomic mass is 9.99. The van der Waals surface area contributed by atoms with Gasteiger partial charge in [0.05, 0.1) is 4.90 Å². The summed E-state index contributed by atoms with van der Waals surface area (Å²) in [6.45, 7) is 4.26. The van der Waals surface area contributed by atoms with Crippen LogP contribution in [0.3, 0.4) is 0 Å². The molecule has 1 N–H and O–H groups in total. The molecule has 0 aliphatic carbocycles. The summed E-state index contributed by atoms with van der Waals surface area (Å²) in [5.41, 5.74) is 2.86. The van der Waals surface area contributed by atoms with Crippen molar-refractivity contribution in [3.63, 3.8) is 0 Å². The Morgan fingerprint density at radius 3 is 2.50 bits per heavy atom. The highest BCUT2D eigenvalue weighted by atomic mass is 32.2. The first kappa shape index (κ1) is 18.2. The molecule has 0 bridgehead atoms. The Morgan fingerprint density at radius 1 is 1.08 bits per heavy atom. The largest absolute Gasteiger partial charge is 0.319 e. The van der Waals surface area contributed by atoms with Crippen LogP contribution in [0.4, 0.5) is 4.39 Å². The van der Waals surface area contributed by atoms with Crippen molar-refractivity contribution in [3.8, 4) is 11.1 Å². The van der Waals surface area contributed by atoms with E-state index in [0.29, 0.717) is 23.2 Å². The van der Waals surface area contributed by atoms with Crippen molar-refractivity contribution >= 4 is 10.0 Å². The van der Waals surface area contributed by atoms with Crippen LogP contribution in [-0.4, -0.2) is 29.7 Å². The fourth-order valence-corrected chi connectivity index (χ4v) is 4.08. The second-order valence-corrected chi connectivity index (χ2v) is 7.78. The predicted molar refractivity (Wildman–Crippen MR) is 96.5 cm³/mol. The molecule has 0 atom stereocenters. The fraction of sp³-hybridized carbons (Fsp3) is 0.222. The van der Waals surface area contributed by atoms with Crippen LogP contribution in [0.25, 0.3) is 11.1 Å². The van der Waals surface area contributed by atoms with Gasteiger partial charge in [0.1, 0.15) is 18.5 Å². The minimum Gasteiger partial charge on any atom is -0.319 e. The Balaban J connectivity index is 1.89. The summed E-state index contributed by atoms with van der Waals surface area (Å²) in [7, 11) is -3.70. The first-order chi connectivity index (χ1) is 12.4. The van der Waals surface area contributed by atoms with Crippen LogP contribution in [0.1, 0.15) is 11.1 Å². The normalized spacial score (nSPS) is 11.7. The fourth-order valence-electron chi connectivity index (χ4n) is 2.81. The number of nitrogens with zero attached hydrogens (tertiary/aromatic N) is 3. The molecular weight excluding hydrogens is 355 g/mol. The van der Waals surface area contributed by atoms with Gasteiger partial charge in [-0.05, 0) is 54.3 Å².